The van der Waals surface area contributed by atoms with Gasteiger partial charge in [0.25, 0.3) is 0 Å². The SMILES string of the molecule is CC(C)C1CCN(C2COCCC2O)CC1. The molecule has 2 heterocycles. The van der Waals surface area contributed by atoms with Gasteiger partial charge in [0, 0.05) is 6.61 Å². The average molecular weight is 227 g/mol. The number of hydrogen-bond acceptors (Lipinski definition) is 3. The number of hydrogen-bond donors (Lipinski definition) is 1. The Labute approximate surface area is 98.8 Å². The first kappa shape index (κ1) is 12.3. The Kier molecular flexibility index (Phi) is 4.22. The van der Waals surface area contributed by atoms with Crippen molar-refractivity contribution in [1.82, 2.24) is 4.90 Å². The second-order valence-corrected chi connectivity index (χ2v) is 5.62. The molecule has 16 heavy (non-hydrogen) atoms. The molecule has 3 heteroatoms. The van der Waals surface area contributed by atoms with Gasteiger partial charge in [0.1, 0.15) is 0 Å². The van der Waals surface area contributed by atoms with E-state index in [9.17, 15) is 5.11 Å². The summed E-state index contributed by atoms with van der Waals surface area (Å²) in [5.41, 5.74) is 0. The van der Waals surface area contributed by atoms with Crippen molar-refractivity contribution in [2.75, 3.05) is 26.3 Å². The molecule has 2 saturated heterocycles. The minimum absolute atomic E-state index is 0.177. The third-order valence-corrected chi connectivity index (χ3v) is 4.28. The summed E-state index contributed by atoms with van der Waals surface area (Å²) < 4.78 is 5.48. The van der Waals surface area contributed by atoms with Gasteiger partial charge < -0.3 is 9.84 Å². The molecule has 2 atom stereocenters. The second kappa shape index (κ2) is 5.48. The number of rotatable bonds is 2. The Morgan fingerprint density at radius 1 is 1.19 bits per heavy atom. The van der Waals surface area contributed by atoms with Crippen molar-refractivity contribution in [2.24, 2.45) is 11.8 Å². The first-order valence-electron chi connectivity index (χ1n) is 6.68. The monoisotopic (exact) mass is 227 g/mol. The summed E-state index contributed by atoms with van der Waals surface area (Å²) in [5.74, 6) is 1.67. The molecule has 0 aromatic carbocycles. The number of aliphatic hydroxyl groups is 1. The van der Waals surface area contributed by atoms with E-state index in [-0.39, 0.29) is 12.1 Å². The van der Waals surface area contributed by atoms with E-state index in [0.29, 0.717) is 6.61 Å². The number of aliphatic hydroxyl groups excluding tert-OH is 1. The van der Waals surface area contributed by atoms with Gasteiger partial charge in [0.05, 0.1) is 18.8 Å². The number of piperidine rings is 1. The van der Waals surface area contributed by atoms with Gasteiger partial charge in [-0.3, -0.25) is 4.90 Å². The van der Waals surface area contributed by atoms with Crippen LogP contribution in [0.4, 0.5) is 0 Å². The van der Waals surface area contributed by atoms with Gasteiger partial charge in [-0.05, 0) is 44.2 Å². The van der Waals surface area contributed by atoms with E-state index >= 15 is 0 Å². The fourth-order valence-corrected chi connectivity index (χ4v) is 2.98. The lowest BCUT2D eigenvalue weighted by atomic mass is 9.86. The summed E-state index contributed by atoms with van der Waals surface area (Å²) in [4.78, 5) is 2.43. The van der Waals surface area contributed by atoms with Crippen LogP contribution < -0.4 is 0 Å². The molecular weight excluding hydrogens is 202 g/mol. The van der Waals surface area contributed by atoms with E-state index in [1.807, 2.05) is 0 Å². The van der Waals surface area contributed by atoms with Crippen LogP contribution in [0.3, 0.4) is 0 Å². The standard InChI is InChI=1S/C13H25NO2/c1-10(2)11-3-6-14(7-4-11)12-9-16-8-5-13(12)15/h10-13,15H,3-9H2,1-2H3. The highest BCUT2D eigenvalue weighted by Gasteiger charge is 2.32. The molecule has 2 aliphatic heterocycles. The number of ether oxygens (including phenoxy) is 1. The van der Waals surface area contributed by atoms with Crippen molar-refractivity contribution < 1.29 is 9.84 Å². The van der Waals surface area contributed by atoms with Crippen molar-refractivity contribution >= 4 is 0 Å². The van der Waals surface area contributed by atoms with Gasteiger partial charge >= 0.3 is 0 Å². The molecule has 0 aliphatic carbocycles. The topological polar surface area (TPSA) is 32.7 Å². The minimum Gasteiger partial charge on any atom is -0.391 e. The Morgan fingerprint density at radius 2 is 1.88 bits per heavy atom. The van der Waals surface area contributed by atoms with E-state index in [1.54, 1.807) is 0 Å². The van der Waals surface area contributed by atoms with Crippen LogP contribution in [0.15, 0.2) is 0 Å². The van der Waals surface area contributed by atoms with Crippen LogP contribution in [-0.2, 0) is 4.74 Å². The van der Waals surface area contributed by atoms with E-state index in [2.05, 4.69) is 18.7 Å². The van der Waals surface area contributed by atoms with E-state index in [1.165, 1.54) is 12.8 Å². The van der Waals surface area contributed by atoms with Gasteiger partial charge in [-0.2, -0.15) is 0 Å². The van der Waals surface area contributed by atoms with Crippen molar-refractivity contribution in [3.63, 3.8) is 0 Å². The fourth-order valence-electron chi connectivity index (χ4n) is 2.98. The molecule has 0 aromatic rings. The summed E-state index contributed by atoms with van der Waals surface area (Å²) in [5, 5.41) is 9.97. The van der Waals surface area contributed by atoms with Crippen LogP contribution >= 0.6 is 0 Å². The molecule has 1 N–H and O–H groups in total. The van der Waals surface area contributed by atoms with Crippen LogP contribution in [0.25, 0.3) is 0 Å². The van der Waals surface area contributed by atoms with Crippen LogP contribution in [0.1, 0.15) is 33.1 Å². The maximum Gasteiger partial charge on any atom is 0.0739 e. The zero-order valence-corrected chi connectivity index (χ0v) is 10.6. The summed E-state index contributed by atoms with van der Waals surface area (Å²) in [6.07, 6.45) is 3.18. The van der Waals surface area contributed by atoms with Gasteiger partial charge in [-0.25, -0.2) is 0 Å². The van der Waals surface area contributed by atoms with Crippen LogP contribution in [0.5, 0.6) is 0 Å². The summed E-state index contributed by atoms with van der Waals surface area (Å²) >= 11 is 0. The molecule has 2 aliphatic rings. The zero-order chi connectivity index (χ0) is 11.5. The molecule has 94 valence electrons. The molecule has 0 bridgehead atoms. The van der Waals surface area contributed by atoms with E-state index in [0.717, 1.165) is 38.0 Å². The lowest BCUT2D eigenvalue weighted by molar-refractivity contribution is -0.0702. The molecule has 0 saturated carbocycles. The normalized spacial score (nSPS) is 34.5. The molecule has 2 fully saturated rings. The molecule has 0 radical (unpaired) electrons. The maximum atomic E-state index is 9.97. The minimum atomic E-state index is -0.177. The van der Waals surface area contributed by atoms with Gasteiger partial charge in [0.15, 0.2) is 0 Å². The Bertz CT molecular complexity index is 212. The summed E-state index contributed by atoms with van der Waals surface area (Å²) in [7, 11) is 0. The third-order valence-electron chi connectivity index (χ3n) is 4.28. The fraction of sp³-hybridized carbons (Fsp3) is 1.00. The highest BCUT2D eigenvalue weighted by atomic mass is 16.5. The molecule has 0 amide bonds. The van der Waals surface area contributed by atoms with Gasteiger partial charge in [-0.1, -0.05) is 13.8 Å². The van der Waals surface area contributed by atoms with Crippen molar-refractivity contribution in [3.05, 3.63) is 0 Å². The molecule has 2 unspecified atom stereocenters. The van der Waals surface area contributed by atoms with Crippen LogP contribution in [0.2, 0.25) is 0 Å². The number of likely N-dealkylation sites (tertiary alicyclic amines) is 1. The smallest absolute Gasteiger partial charge is 0.0739 e. The highest BCUT2D eigenvalue weighted by Crippen LogP contribution is 2.27. The predicted octanol–water partition coefficient (Wildman–Crippen LogP) is 1.50. The molecule has 0 spiro atoms. The number of nitrogens with zero attached hydrogens (tertiary/aromatic N) is 1. The van der Waals surface area contributed by atoms with Gasteiger partial charge in [-0.15, -0.1) is 0 Å². The summed E-state index contributed by atoms with van der Waals surface area (Å²) in [6, 6.07) is 0.252. The Hall–Kier alpha value is -0.120. The molecule has 2 rings (SSSR count). The molecular formula is C13H25NO2. The lowest BCUT2D eigenvalue weighted by Gasteiger charge is -2.42. The quantitative estimate of drug-likeness (QED) is 0.776. The Morgan fingerprint density at radius 3 is 2.44 bits per heavy atom. The second-order valence-electron chi connectivity index (χ2n) is 5.62. The van der Waals surface area contributed by atoms with Gasteiger partial charge in [0.2, 0.25) is 0 Å². The zero-order valence-electron chi connectivity index (χ0n) is 10.6. The Balaban J connectivity index is 1.83. The molecule has 0 aromatic heterocycles. The lowest BCUT2D eigenvalue weighted by Crippen LogP contribution is -2.52. The highest BCUT2D eigenvalue weighted by molar-refractivity contribution is 4.85. The first-order chi connectivity index (χ1) is 7.68. The van der Waals surface area contributed by atoms with E-state index < -0.39 is 0 Å². The summed E-state index contributed by atoms with van der Waals surface area (Å²) in [6.45, 7) is 8.34. The first-order valence-corrected chi connectivity index (χ1v) is 6.68. The van der Waals surface area contributed by atoms with Crippen LogP contribution in [0, 0.1) is 11.8 Å². The third kappa shape index (κ3) is 2.76. The largest absolute Gasteiger partial charge is 0.391 e. The maximum absolute atomic E-state index is 9.97. The van der Waals surface area contributed by atoms with Crippen molar-refractivity contribution in [3.8, 4) is 0 Å². The molecule has 3 nitrogen and oxygen atoms in total. The van der Waals surface area contributed by atoms with E-state index in [4.69, 9.17) is 4.74 Å². The van der Waals surface area contributed by atoms with Crippen molar-refractivity contribution in [1.29, 1.82) is 0 Å². The van der Waals surface area contributed by atoms with Crippen LogP contribution in [-0.4, -0.2) is 48.5 Å². The average Bonchev–Trinajstić information content (AvgIpc) is 2.30. The predicted molar refractivity (Wildman–Crippen MR) is 64.4 cm³/mol. The van der Waals surface area contributed by atoms with Crippen molar-refractivity contribution in [2.45, 2.75) is 45.3 Å².